The molecule has 0 N–H and O–H groups in total. The summed E-state index contributed by atoms with van der Waals surface area (Å²) in [6, 6.07) is 0. The van der Waals surface area contributed by atoms with Crippen LogP contribution in [0, 0.1) is 23.7 Å². The van der Waals surface area contributed by atoms with Crippen molar-refractivity contribution in [2.75, 3.05) is 0 Å². The van der Waals surface area contributed by atoms with E-state index in [-0.39, 0.29) is 0 Å². The standard InChI is InChI=1S/C11H14/c1-6-3-8-4-7(2)11-9(5-8)10(6)11/h3-4,8-11H,5H2,1-2H3. The van der Waals surface area contributed by atoms with Gasteiger partial charge in [-0.15, -0.1) is 0 Å². The first-order valence-corrected chi connectivity index (χ1v) is 4.64. The maximum Gasteiger partial charge on any atom is -0.00451 e. The average Bonchev–Trinajstić information content (AvgIpc) is 2.62. The molecule has 3 rings (SSSR count). The van der Waals surface area contributed by atoms with Crippen molar-refractivity contribution in [2.45, 2.75) is 20.3 Å². The van der Waals surface area contributed by atoms with Crippen LogP contribution < -0.4 is 0 Å². The van der Waals surface area contributed by atoms with Crippen LogP contribution in [0.2, 0.25) is 0 Å². The van der Waals surface area contributed by atoms with E-state index in [4.69, 9.17) is 0 Å². The third-order valence-electron chi connectivity index (χ3n) is 3.72. The summed E-state index contributed by atoms with van der Waals surface area (Å²) in [5.74, 6) is 3.78. The third kappa shape index (κ3) is 0.610. The van der Waals surface area contributed by atoms with E-state index in [9.17, 15) is 0 Å². The highest BCUT2D eigenvalue weighted by Crippen LogP contribution is 2.63. The van der Waals surface area contributed by atoms with Gasteiger partial charge in [0.15, 0.2) is 0 Å². The molecule has 1 saturated carbocycles. The highest BCUT2D eigenvalue weighted by molar-refractivity contribution is 5.37. The summed E-state index contributed by atoms with van der Waals surface area (Å²) in [5.41, 5.74) is 3.34. The van der Waals surface area contributed by atoms with Crippen LogP contribution in [-0.4, -0.2) is 0 Å². The van der Waals surface area contributed by atoms with Gasteiger partial charge in [-0.1, -0.05) is 23.3 Å². The molecule has 0 radical (unpaired) electrons. The maximum atomic E-state index is 2.48. The second-order valence-electron chi connectivity index (χ2n) is 4.44. The van der Waals surface area contributed by atoms with Gasteiger partial charge in [-0.05, 0) is 43.9 Å². The SMILES string of the molecule is CC1=CC2C=C(C)C3C(C2)C13. The smallest absolute Gasteiger partial charge is 0.00451 e. The van der Waals surface area contributed by atoms with E-state index in [1.54, 1.807) is 11.1 Å². The van der Waals surface area contributed by atoms with Gasteiger partial charge in [0.25, 0.3) is 0 Å². The lowest BCUT2D eigenvalue weighted by Gasteiger charge is -2.17. The summed E-state index contributed by atoms with van der Waals surface area (Å²) in [4.78, 5) is 0. The lowest BCUT2D eigenvalue weighted by atomic mass is 9.88. The van der Waals surface area contributed by atoms with Crippen molar-refractivity contribution >= 4 is 0 Å². The Kier molecular flexibility index (Phi) is 0.894. The molecular weight excluding hydrogens is 132 g/mol. The summed E-state index contributed by atoms with van der Waals surface area (Å²) < 4.78 is 0. The molecule has 2 atom stereocenters. The van der Waals surface area contributed by atoms with Gasteiger partial charge in [0.1, 0.15) is 0 Å². The van der Waals surface area contributed by atoms with Crippen molar-refractivity contribution in [3.05, 3.63) is 23.3 Å². The van der Waals surface area contributed by atoms with Gasteiger partial charge in [-0.3, -0.25) is 0 Å². The quantitative estimate of drug-likeness (QED) is 0.461. The Morgan fingerprint density at radius 1 is 1.09 bits per heavy atom. The number of fused-ring (bicyclic) bond motifs is 2. The predicted molar refractivity (Wildman–Crippen MR) is 46.1 cm³/mol. The van der Waals surface area contributed by atoms with E-state index in [2.05, 4.69) is 26.0 Å². The van der Waals surface area contributed by atoms with Gasteiger partial charge in [-0.2, -0.15) is 0 Å². The van der Waals surface area contributed by atoms with Crippen LogP contribution in [0.3, 0.4) is 0 Å². The van der Waals surface area contributed by atoms with Gasteiger partial charge in [0.05, 0.1) is 0 Å². The topological polar surface area (TPSA) is 0 Å². The number of hydrogen-bond acceptors (Lipinski definition) is 0. The largest absolute Gasteiger partial charge is 0.0784 e. The molecule has 2 unspecified atom stereocenters. The Balaban J connectivity index is 2.12. The Bertz CT molecular complexity index is 244. The van der Waals surface area contributed by atoms with E-state index in [0.717, 1.165) is 23.7 Å². The van der Waals surface area contributed by atoms with Crippen LogP contribution in [-0.2, 0) is 0 Å². The van der Waals surface area contributed by atoms with Gasteiger partial charge in [0.2, 0.25) is 0 Å². The Hall–Kier alpha value is -0.520. The molecule has 1 fully saturated rings. The summed E-state index contributed by atoms with van der Waals surface area (Å²) in [6.07, 6.45) is 6.42. The van der Waals surface area contributed by atoms with E-state index >= 15 is 0 Å². The normalized spacial score (nSPS) is 51.5. The zero-order valence-corrected chi connectivity index (χ0v) is 7.17. The molecule has 0 amide bonds. The molecule has 0 heterocycles. The minimum atomic E-state index is 0.801. The monoisotopic (exact) mass is 146 g/mol. The van der Waals surface area contributed by atoms with Crippen molar-refractivity contribution in [3.8, 4) is 0 Å². The van der Waals surface area contributed by atoms with Crippen molar-refractivity contribution < 1.29 is 0 Å². The summed E-state index contributed by atoms with van der Waals surface area (Å²) in [7, 11) is 0. The van der Waals surface area contributed by atoms with E-state index in [1.165, 1.54) is 6.42 Å². The second-order valence-corrected chi connectivity index (χ2v) is 4.44. The molecule has 0 heteroatoms. The van der Waals surface area contributed by atoms with Crippen LogP contribution in [0.1, 0.15) is 20.3 Å². The molecule has 3 aliphatic carbocycles. The number of allylic oxidation sites excluding steroid dienone is 4. The van der Waals surface area contributed by atoms with Gasteiger partial charge in [0, 0.05) is 0 Å². The maximum absolute atomic E-state index is 2.48. The molecule has 0 aromatic heterocycles. The van der Waals surface area contributed by atoms with Crippen LogP contribution in [0.15, 0.2) is 23.3 Å². The van der Waals surface area contributed by atoms with Gasteiger partial charge < -0.3 is 0 Å². The molecule has 2 bridgehead atoms. The highest BCUT2D eigenvalue weighted by Gasteiger charge is 2.55. The molecule has 3 aliphatic rings. The van der Waals surface area contributed by atoms with Crippen LogP contribution in [0.4, 0.5) is 0 Å². The fourth-order valence-corrected chi connectivity index (χ4v) is 3.30. The van der Waals surface area contributed by atoms with E-state index in [1.807, 2.05) is 0 Å². The first-order chi connectivity index (χ1) is 5.27. The lowest BCUT2D eigenvalue weighted by Crippen LogP contribution is -2.05. The van der Waals surface area contributed by atoms with E-state index < -0.39 is 0 Å². The molecule has 0 aromatic rings. The summed E-state index contributed by atoms with van der Waals surface area (Å²) in [6.45, 7) is 4.63. The van der Waals surface area contributed by atoms with Crippen LogP contribution in [0.25, 0.3) is 0 Å². The third-order valence-corrected chi connectivity index (χ3v) is 3.72. The second kappa shape index (κ2) is 1.63. The van der Waals surface area contributed by atoms with Crippen molar-refractivity contribution in [1.82, 2.24) is 0 Å². The zero-order valence-electron chi connectivity index (χ0n) is 7.17. The average molecular weight is 146 g/mol. The molecule has 0 nitrogen and oxygen atoms in total. The number of rotatable bonds is 0. The highest BCUT2D eigenvalue weighted by atomic mass is 14.6. The molecule has 0 aliphatic heterocycles. The predicted octanol–water partition coefficient (Wildman–Crippen LogP) is 2.77. The first kappa shape index (κ1) is 6.05. The minimum Gasteiger partial charge on any atom is -0.0784 e. The zero-order chi connectivity index (χ0) is 7.59. The molecule has 0 saturated heterocycles. The van der Waals surface area contributed by atoms with Crippen molar-refractivity contribution in [1.29, 1.82) is 0 Å². The lowest BCUT2D eigenvalue weighted by molar-refractivity contribution is 0.549. The summed E-state index contributed by atoms with van der Waals surface area (Å²) in [5, 5.41) is 0. The van der Waals surface area contributed by atoms with Crippen LogP contribution in [0.5, 0.6) is 0 Å². The molecule has 58 valence electrons. The van der Waals surface area contributed by atoms with Gasteiger partial charge in [-0.25, -0.2) is 0 Å². The molecule has 0 aromatic carbocycles. The van der Waals surface area contributed by atoms with Crippen molar-refractivity contribution in [3.63, 3.8) is 0 Å². The molecule has 0 spiro atoms. The van der Waals surface area contributed by atoms with Crippen LogP contribution >= 0.6 is 0 Å². The minimum absolute atomic E-state index is 0.801. The van der Waals surface area contributed by atoms with Gasteiger partial charge >= 0.3 is 0 Å². The fourth-order valence-electron chi connectivity index (χ4n) is 3.30. The Morgan fingerprint density at radius 3 is 2.18 bits per heavy atom. The number of hydrogen-bond donors (Lipinski definition) is 0. The fraction of sp³-hybridized carbons (Fsp3) is 0.636. The summed E-state index contributed by atoms with van der Waals surface area (Å²) >= 11 is 0. The van der Waals surface area contributed by atoms with E-state index in [0.29, 0.717) is 0 Å². The Morgan fingerprint density at radius 2 is 1.64 bits per heavy atom. The van der Waals surface area contributed by atoms with Crippen molar-refractivity contribution in [2.24, 2.45) is 23.7 Å². The molecule has 11 heavy (non-hydrogen) atoms. The Labute approximate surface area is 68.0 Å². The first-order valence-electron chi connectivity index (χ1n) is 4.64. The molecular formula is C11H14.